The minimum absolute atomic E-state index is 0.0244. The van der Waals surface area contributed by atoms with Gasteiger partial charge in [-0.25, -0.2) is 0 Å². The number of nitrogens with one attached hydrogen (secondary N) is 1. The monoisotopic (exact) mass is 590 g/mol. The Morgan fingerprint density at radius 1 is 0.907 bits per heavy atom. The third kappa shape index (κ3) is 6.93. The van der Waals surface area contributed by atoms with Gasteiger partial charge in [-0.2, -0.15) is 0 Å². The van der Waals surface area contributed by atoms with Gasteiger partial charge in [0.15, 0.2) is 12.3 Å². The molecule has 0 saturated carbocycles. The number of rotatable bonds is 13. The molecule has 0 amide bonds. The first kappa shape index (κ1) is 31.1. The number of hydrogen-bond donors (Lipinski definition) is 3. The molecular weight excluding hydrogens is 548 g/mol. The van der Waals surface area contributed by atoms with E-state index in [-0.39, 0.29) is 18.8 Å². The maximum atomic E-state index is 12.7. The lowest BCUT2D eigenvalue weighted by Crippen LogP contribution is -2.57. The molecule has 3 aromatic rings. The number of carboxylic acid groups (broad SMARTS) is 1. The first-order valence-corrected chi connectivity index (χ1v) is 14.9. The van der Waals surface area contributed by atoms with Crippen LogP contribution in [0.2, 0.25) is 0 Å². The number of carboxylic acids is 1. The van der Waals surface area contributed by atoms with E-state index in [9.17, 15) is 15.0 Å². The number of benzene rings is 3. The fraction of sp³-hybridized carbons (Fsp3) is 0.441. The number of anilines is 1. The molecular formula is C34H42N2O7. The summed E-state index contributed by atoms with van der Waals surface area (Å²) in [5.74, 6) is -1.22. The van der Waals surface area contributed by atoms with Crippen molar-refractivity contribution in [2.75, 3.05) is 57.6 Å². The smallest absolute Gasteiger partial charge is 0.326 e. The average Bonchev–Trinajstić information content (AvgIpc) is 3.29. The van der Waals surface area contributed by atoms with Gasteiger partial charge in [0.1, 0.15) is 0 Å². The lowest BCUT2D eigenvalue weighted by molar-refractivity contribution is -0.166. The van der Waals surface area contributed by atoms with E-state index in [4.69, 9.17) is 18.9 Å². The molecule has 1 saturated heterocycles. The predicted octanol–water partition coefficient (Wildman–Crippen LogP) is 4.01. The molecule has 3 aromatic carbocycles. The van der Waals surface area contributed by atoms with E-state index in [1.165, 1.54) is 0 Å². The van der Waals surface area contributed by atoms with Crippen LogP contribution in [0, 0.1) is 0 Å². The molecule has 230 valence electrons. The number of nitrogens with zero attached hydrogens (tertiary/aromatic N) is 1. The van der Waals surface area contributed by atoms with E-state index in [0.717, 1.165) is 46.6 Å². The lowest BCUT2D eigenvalue weighted by Gasteiger charge is -2.38. The number of aliphatic carboxylic acids is 1. The van der Waals surface area contributed by atoms with Gasteiger partial charge in [0, 0.05) is 18.8 Å². The van der Waals surface area contributed by atoms with Crippen molar-refractivity contribution in [3.63, 3.8) is 0 Å². The Hall–Kier alpha value is -3.31. The van der Waals surface area contributed by atoms with Crippen LogP contribution >= 0.6 is 0 Å². The Kier molecular flexibility index (Phi) is 9.81. The maximum Gasteiger partial charge on any atom is 0.326 e. The normalized spacial score (nSPS) is 17.3. The molecule has 1 fully saturated rings. The second kappa shape index (κ2) is 13.5. The Labute approximate surface area is 253 Å². The second-order valence-corrected chi connectivity index (χ2v) is 11.8. The zero-order chi connectivity index (χ0) is 30.5. The number of aliphatic hydroxyl groups is 1. The van der Waals surface area contributed by atoms with Gasteiger partial charge in [-0.3, -0.25) is 10.1 Å². The van der Waals surface area contributed by atoms with Crippen LogP contribution in [0.5, 0.6) is 0 Å². The molecule has 0 radical (unpaired) electrons. The van der Waals surface area contributed by atoms with Crippen LogP contribution in [0.25, 0.3) is 11.1 Å². The molecule has 3 N–H and O–H groups in total. The first-order valence-electron chi connectivity index (χ1n) is 14.9. The number of ether oxygens (including phenoxy) is 4. The van der Waals surface area contributed by atoms with Gasteiger partial charge in [-0.15, -0.1) is 0 Å². The molecule has 1 heterocycles. The third-order valence-electron chi connectivity index (χ3n) is 7.83. The fourth-order valence-corrected chi connectivity index (χ4v) is 5.85. The highest BCUT2D eigenvalue weighted by Crippen LogP contribution is 2.51. The van der Waals surface area contributed by atoms with Gasteiger partial charge in [0.2, 0.25) is 0 Å². The number of fused-ring (bicyclic) bond motifs is 3. The predicted molar refractivity (Wildman–Crippen MR) is 164 cm³/mol. The number of morpholine rings is 1. The average molecular weight is 591 g/mol. The first-order chi connectivity index (χ1) is 20.7. The molecule has 1 aliphatic heterocycles. The number of aliphatic hydroxyl groups excluding tert-OH is 1. The van der Waals surface area contributed by atoms with Crippen LogP contribution in [-0.4, -0.2) is 86.8 Å². The van der Waals surface area contributed by atoms with Gasteiger partial charge >= 0.3 is 5.97 Å². The number of hydrogen-bond acceptors (Lipinski definition) is 8. The largest absolute Gasteiger partial charge is 0.480 e. The Bertz CT molecular complexity index is 1320. The van der Waals surface area contributed by atoms with Crippen molar-refractivity contribution in [3.05, 3.63) is 89.5 Å². The summed E-state index contributed by atoms with van der Waals surface area (Å²) in [5.41, 5.74) is 4.47. The molecule has 5 rings (SSSR count). The summed E-state index contributed by atoms with van der Waals surface area (Å²) < 4.78 is 22.3. The van der Waals surface area contributed by atoms with Crippen molar-refractivity contribution in [2.45, 2.75) is 44.2 Å². The van der Waals surface area contributed by atoms with Gasteiger partial charge in [0.05, 0.1) is 50.8 Å². The molecule has 43 heavy (non-hydrogen) atoms. The highest BCUT2D eigenvalue weighted by Gasteiger charge is 2.48. The summed E-state index contributed by atoms with van der Waals surface area (Å²) in [4.78, 5) is 15.0. The molecule has 2 aliphatic rings. The SMILES string of the molecule is CC(C)(C)OCCOCCOC(O)[C@H](NC1(c2ccc(N3CCOCC3)cc2)c2ccccc2-c2ccccc21)C(=O)O. The zero-order valence-electron chi connectivity index (χ0n) is 25.1. The minimum Gasteiger partial charge on any atom is -0.480 e. The van der Waals surface area contributed by atoms with Crippen LogP contribution in [0.15, 0.2) is 72.8 Å². The molecule has 9 nitrogen and oxygen atoms in total. The van der Waals surface area contributed by atoms with Gasteiger partial charge in [-0.05, 0) is 60.7 Å². The summed E-state index contributed by atoms with van der Waals surface area (Å²) in [6.45, 7) is 9.91. The lowest BCUT2D eigenvalue weighted by atomic mass is 9.79. The van der Waals surface area contributed by atoms with Crippen LogP contribution in [-0.2, 0) is 29.3 Å². The van der Waals surface area contributed by atoms with Gasteiger partial charge in [0.25, 0.3) is 0 Å². The van der Waals surface area contributed by atoms with E-state index in [1.54, 1.807) is 0 Å². The Balaban J connectivity index is 1.41. The van der Waals surface area contributed by atoms with Crippen molar-refractivity contribution in [1.29, 1.82) is 0 Å². The van der Waals surface area contributed by atoms with Gasteiger partial charge < -0.3 is 34.1 Å². The second-order valence-electron chi connectivity index (χ2n) is 11.8. The van der Waals surface area contributed by atoms with E-state index in [1.807, 2.05) is 81.4 Å². The molecule has 1 aliphatic carbocycles. The van der Waals surface area contributed by atoms with Crippen LogP contribution in [0.3, 0.4) is 0 Å². The summed E-state index contributed by atoms with van der Waals surface area (Å²) in [6, 6.07) is 22.7. The van der Waals surface area contributed by atoms with Crippen molar-refractivity contribution in [2.24, 2.45) is 0 Å². The summed E-state index contributed by atoms with van der Waals surface area (Å²) in [7, 11) is 0. The van der Waals surface area contributed by atoms with Crippen LogP contribution in [0.1, 0.15) is 37.5 Å². The zero-order valence-corrected chi connectivity index (χ0v) is 25.1. The quantitative estimate of drug-likeness (QED) is 0.201. The maximum absolute atomic E-state index is 12.7. The molecule has 0 bridgehead atoms. The highest BCUT2D eigenvalue weighted by molar-refractivity contribution is 5.84. The molecule has 0 aromatic heterocycles. The molecule has 9 heteroatoms. The van der Waals surface area contributed by atoms with Crippen molar-refractivity contribution < 1.29 is 34.0 Å². The topological polar surface area (TPSA) is 110 Å². The Morgan fingerprint density at radius 3 is 2.07 bits per heavy atom. The van der Waals surface area contributed by atoms with E-state index in [0.29, 0.717) is 26.4 Å². The summed E-state index contributed by atoms with van der Waals surface area (Å²) in [6.07, 6.45) is -1.63. The molecule has 0 spiro atoms. The summed E-state index contributed by atoms with van der Waals surface area (Å²) in [5, 5.41) is 24.8. The molecule has 1 unspecified atom stereocenters. The van der Waals surface area contributed by atoms with Gasteiger partial charge in [-0.1, -0.05) is 60.7 Å². The molecule has 2 atom stereocenters. The Morgan fingerprint density at radius 2 is 1.49 bits per heavy atom. The third-order valence-corrected chi connectivity index (χ3v) is 7.83. The van der Waals surface area contributed by atoms with Crippen LogP contribution in [0.4, 0.5) is 5.69 Å². The van der Waals surface area contributed by atoms with Crippen molar-refractivity contribution >= 4 is 11.7 Å². The van der Waals surface area contributed by atoms with Crippen LogP contribution < -0.4 is 10.2 Å². The van der Waals surface area contributed by atoms with E-state index in [2.05, 4.69) is 22.3 Å². The van der Waals surface area contributed by atoms with Crippen molar-refractivity contribution in [3.8, 4) is 11.1 Å². The number of carbonyl (C=O) groups is 1. The standard InChI is InChI=1S/C34H42N2O7/c1-33(2,3)43-23-21-41-20-22-42-32(39)30(31(37)38)35-34(24-12-14-25(15-13-24)36-16-18-40-19-17-36)28-10-6-4-8-26(28)27-9-5-7-11-29(27)34/h4-15,30,32,35,39H,16-23H2,1-3H3,(H,37,38)/t30-,32?/m1/s1. The highest BCUT2D eigenvalue weighted by atomic mass is 16.6. The van der Waals surface area contributed by atoms with Crippen molar-refractivity contribution in [1.82, 2.24) is 5.32 Å². The minimum atomic E-state index is -1.63. The van der Waals surface area contributed by atoms with E-state index < -0.39 is 23.8 Å². The summed E-state index contributed by atoms with van der Waals surface area (Å²) >= 11 is 0. The van der Waals surface area contributed by atoms with E-state index >= 15 is 0 Å². The fourth-order valence-electron chi connectivity index (χ4n) is 5.85.